The maximum absolute atomic E-state index is 12.4. The van der Waals surface area contributed by atoms with Gasteiger partial charge in [-0.05, 0) is 29.8 Å². The van der Waals surface area contributed by atoms with E-state index in [1.165, 1.54) is 0 Å². The average Bonchev–Trinajstić information content (AvgIpc) is 3.04. The quantitative estimate of drug-likeness (QED) is 0.693. The zero-order valence-electron chi connectivity index (χ0n) is 15.6. The minimum Gasteiger partial charge on any atom is -0.379 e. The minimum atomic E-state index is 0.00777. The summed E-state index contributed by atoms with van der Waals surface area (Å²) in [5.74, 6) is 0.941. The van der Waals surface area contributed by atoms with Gasteiger partial charge >= 0.3 is 0 Å². The first kappa shape index (κ1) is 18.9. The number of para-hydroxylation sites is 2. The molecule has 0 bridgehead atoms. The van der Waals surface area contributed by atoms with Crippen molar-refractivity contribution in [1.29, 1.82) is 0 Å². The van der Waals surface area contributed by atoms with Crippen LogP contribution in [0.4, 0.5) is 0 Å². The molecule has 7 heteroatoms. The molecule has 2 aromatic carbocycles. The molecule has 0 spiro atoms. The van der Waals surface area contributed by atoms with E-state index in [2.05, 4.69) is 9.99 Å². The smallest absolute Gasteiger partial charge is 0.236 e. The summed E-state index contributed by atoms with van der Waals surface area (Å²) in [5.41, 5.74) is 6.05. The number of hydrogen-bond acceptors (Lipinski definition) is 4. The van der Waals surface area contributed by atoms with Crippen LogP contribution in [0.25, 0.3) is 11.0 Å². The predicted octanol–water partition coefficient (Wildman–Crippen LogP) is 3.03. The van der Waals surface area contributed by atoms with Crippen molar-refractivity contribution >= 4 is 28.5 Å². The average molecular weight is 399 g/mol. The van der Waals surface area contributed by atoms with Crippen molar-refractivity contribution < 1.29 is 9.53 Å². The number of hydrazine groups is 1. The Hall–Kier alpha value is -2.41. The second-order valence-corrected chi connectivity index (χ2v) is 7.30. The third-order valence-corrected chi connectivity index (χ3v) is 5.08. The van der Waals surface area contributed by atoms with Gasteiger partial charge in [0.25, 0.3) is 0 Å². The second kappa shape index (κ2) is 8.73. The van der Waals surface area contributed by atoms with Gasteiger partial charge in [-0.25, -0.2) is 9.99 Å². The van der Waals surface area contributed by atoms with E-state index in [4.69, 9.17) is 21.3 Å². The van der Waals surface area contributed by atoms with E-state index in [0.717, 1.165) is 35.5 Å². The Balaban J connectivity index is 1.50. The van der Waals surface area contributed by atoms with Crippen molar-refractivity contribution in [3.63, 3.8) is 0 Å². The lowest BCUT2D eigenvalue weighted by molar-refractivity contribution is -0.128. The number of halogens is 1. The lowest BCUT2D eigenvalue weighted by Gasteiger charge is -2.27. The van der Waals surface area contributed by atoms with E-state index in [1.54, 1.807) is 0 Å². The molecule has 1 aliphatic heterocycles. The van der Waals surface area contributed by atoms with Gasteiger partial charge in [-0.2, -0.15) is 0 Å². The zero-order valence-corrected chi connectivity index (χ0v) is 16.4. The lowest BCUT2D eigenvalue weighted by Crippen LogP contribution is -2.48. The SMILES string of the molecule is O=C(CCn1c(Cc2cccc(Cl)c2)nc2ccccc21)NN1CCOCC1. The second-order valence-electron chi connectivity index (χ2n) is 6.86. The Morgan fingerprint density at radius 1 is 1.14 bits per heavy atom. The van der Waals surface area contributed by atoms with Gasteiger partial charge in [0.2, 0.25) is 5.91 Å². The number of fused-ring (bicyclic) bond motifs is 1. The van der Waals surface area contributed by atoms with Gasteiger partial charge in [-0.3, -0.25) is 10.2 Å². The lowest BCUT2D eigenvalue weighted by atomic mass is 10.1. The fourth-order valence-corrected chi connectivity index (χ4v) is 3.67. The molecule has 1 aromatic heterocycles. The van der Waals surface area contributed by atoms with Gasteiger partial charge < -0.3 is 9.30 Å². The molecule has 28 heavy (non-hydrogen) atoms. The number of rotatable bonds is 6. The standard InChI is InChI=1S/C21H23ClN4O2/c22-17-5-3-4-16(14-17)15-20-23-18-6-1-2-7-19(18)26(20)9-8-21(27)24-25-10-12-28-13-11-25/h1-7,14H,8-13,15H2,(H,24,27). The molecule has 3 aromatic rings. The first-order chi connectivity index (χ1) is 13.7. The molecule has 0 atom stereocenters. The topological polar surface area (TPSA) is 59.4 Å². The highest BCUT2D eigenvalue weighted by Crippen LogP contribution is 2.20. The van der Waals surface area contributed by atoms with Crippen molar-refractivity contribution in [3.8, 4) is 0 Å². The largest absolute Gasteiger partial charge is 0.379 e. The molecular weight excluding hydrogens is 376 g/mol. The fourth-order valence-electron chi connectivity index (χ4n) is 3.46. The molecule has 6 nitrogen and oxygen atoms in total. The van der Waals surface area contributed by atoms with E-state index in [-0.39, 0.29) is 5.91 Å². The highest BCUT2D eigenvalue weighted by atomic mass is 35.5. The zero-order chi connectivity index (χ0) is 19.3. The number of ether oxygens (including phenoxy) is 1. The molecule has 2 heterocycles. The molecule has 1 saturated heterocycles. The van der Waals surface area contributed by atoms with Crippen LogP contribution in [0.2, 0.25) is 5.02 Å². The molecular formula is C21H23ClN4O2. The molecule has 0 unspecified atom stereocenters. The molecule has 1 amide bonds. The number of aromatic nitrogens is 2. The van der Waals surface area contributed by atoms with Gasteiger partial charge in [0, 0.05) is 37.5 Å². The number of nitrogens with zero attached hydrogens (tertiary/aromatic N) is 3. The van der Waals surface area contributed by atoms with Gasteiger partial charge in [-0.15, -0.1) is 0 Å². The summed E-state index contributed by atoms with van der Waals surface area (Å²) in [5, 5.41) is 2.63. The first-order valence-corrected chi connectivity index (χ1v) is 9.87. The third-order valence-electron chi connectivity index (χ3n) is 4.84. The Morgan fingerprint density at radius 2 is 1.96 bits per heavy atom. The van der Waals surface area contributed by atoms with Gasteiger partial charge in [-0.1, -0.05) is 35.9 Å². The summed E-state index contributed by atoms with van der Waals surface area (Å²) in [6.07, 6.45) is 1.06. The summed E-state index contributed by atoms with van der Waals surface area (Å²) in [6.45, 7) is 3.32. The number of benzene rings is 2. The molecule has 1 fully saturated rings. The summed E-state index contributed by atoms with van der Waals surface area (Å²) in [6, 6.07) is 15.8. The Morgan fingerprint density at radius 3 is 2.79 bits per heavy atom. The highest BCUT2D eigenvalue weighted by molar-refractivity contribution is 6.30. The van der Waals surface area contributed by atoms with Crippen LogP contribution in [-0.4, -0.2) is 46.8 Å². The van der Waals surface area contributed by atoms with Crippen molar-refractivity contribution in [2.75, 3.05) is 26.3 Å². The number of hydrogen-bond donors (Lipinski definition) is 1. The van der Waals surface area contributed by atoms with E-state index in [1.807, 2.05) is 53.5 Å². The van der Waals surface area contributed by atoms with Crippen LogP contribution in [0.5, 0.6) is 0 Å². The number of aryl methyl sites for hydroxylation is 1. The monoisotopic (exact) mass is 398 g/mol. The van der Waals surface area contributed by atoms with Crippen LogP contribution in [0.15, 0.2) is 48.5 Å². The van der Waals surface area contributed by atoms with Crippen LogP contribution in [0, 0.1) is 0 Å². The first-order valence-electron chi connectivity index (χ1n) is 9.50. The number of carbonyl (C=O) groups is 1. The number of amides is 1. The number of nitrogens with one attached hydrogen (secondary N) is 1. The van der Waals surface area contributed by atoms with Crippen LogP contribution in [0.3, 0.4) is 0 Å². The van der Waals surface area contributed by atoms with Crippen LogP contribution < -0.4 is 5.43 Å². The predicted molar refractivity (Wildman–Crippen MR) is 109 cm³/mol. The van der Waals surface area contributed by atoms with E-state index >= 15 is 0 Å². The number of carbonyl (C=O) groups excluding carboxylic acids is 1. The third kappa shape index (κ3) is 4.52. The van der Waals surface area contributed by atoms with Crippen LogP contribution >= 0.6 is 11.6 Å². The Labute approximate surface area is 169 Å². The van der Waals surface area contributed by atoms with E-state index in [9.17, 15) is 4.79 Å². The molecule has 0 aliphatic carbocycles. The molecule has 4 rings (SSSR count). The number of morpholine rings is 1. The number of imidazole rings is 1. The van der Waals surface area contributed by atoms with Crippen LogP contribution in [0.1, 0.15) is 17.8 Å². The van der Waals surface area contributed by atoms with Crippen molar-refractivity contribution in [1.82, 2.24) is 20.0 Å². The van der Waals surface area contributed by atoms with Crippen LogP contribution in [-0.2, 0) is 22.5 Å². The van der Waals surface area contributed by atoms with Gasteiger partial charge in [0.15, 0.2) is 0 Å². The van der Waals surface area contributed by atoms with Crippen molar-refractivity contribution in [2.45, 2.75) is 19.4 Å². The van der Waals surface area contributed by atoms with Gasteiger partial charge in [0.1, 0.15) is 5.82 Å². The summed E-state index contributed by atoms with van der Waals surface area (Å²) in [7, 11) is 0. The molecule has 1 N–H and O–H groups in total. The van der Waals surface area contributed by atoms with Crippen molar-refractivity contribution in [3.05, 3.63) is 64.9 Å². The van der Waals surface area contributed by atoms with E-state index in [0.29, 0.717) is 37.6 Å². The Kier molecular flexibility index (Phi) is 5.90. The molecule has 0 radical (unpaired) electrons. The normalized spacial score (nSPS) is 15.0. The van der Waals surface area contributed by atoms with Crippen molar-refractivity contribution in [2.24, 2.45) is 0 Å². The van der Waals surface area contributed by atoms with E-state index < -0.39 is 0 Å². The maximum Gasteiger partial charge on any atom is 0.236 e. The summed E-state index contributed by atoms with van der Waals surface area (Å²) >= 11 is 6.13. The van der Waals surface area contributed by atoms with Gasteiger partial charge in [0.05, 0.1) is 24.2 Å². The minimum absolute atomic E-state index is 0.00777. The molecule has 0 saturated carbocycles. The Bertz CT molecular complexity index is 966. The maximum atomic E-state index is 12.4. The fraction of sp³-hybridized carbons (Fsp3) is 0.333. The summed E-state index contributed by atoms with van der Waals surface area (Å²) < 4.78 is 7.45. The summed E-state index contributed by atoms with van der Waals surface area (Å²) in [4.78, 5) is 17.2. The molecule has 1 aliphatic rings. The highest BCUT2D eigenvalue weighted by Gasteiger charge is 2.15. The molecule has 146 valence electrons.